The van der Waals surface area contributed by atoms with Crippen molar-refractivity contribution in [2.75, 3.05) is 18.9 Å². The molecule has 1 aliphatic heterocycles. The molecule has 186 valence electrons. The van der Waals surface area contributed by atoms with Crippen molar-refractivity contribution in [2.45, 2.75) is 31.2 Å². The van der Waals surface area contributed by atoms with Gasteiger partial charge in [0, 0.05) is 59.6 Å². The second-order valence-electron chi connectivity index (χ2n) is 9.26. The van der Waals surface area contributed by atoms with Crippen LogP contribution in [0.15, 0.2) is 65.3 Å². The van der Waals surface area contributed by atoms with Gasteiger partial charge in [-0.2, -0.15) is 0 Å². The van der Waals surface area contributed by atoms with E-state index in [4.69, 9.17) is 15.5 Å². The van der Waals surface area contributed by atoms with E-state index in [1.807, 2.05) is 66.2 Å². The average molecular weight is 549 g/mol. The van der Waals surface area contributed by atoms with Crippen LogP contribution in [0.25, 0.3) is 11.0 Å². The number of halogens is 1. The first-order valence-corrected chi connectivity index (χ1v) is 12.8. The van der Waals surface area contributed by atoms with Crippen LogP contribution >= 0.6 is 15.9 Å². The summed E-state index contributed by atoms with van der Waals surface area (Å²) in [5.41, 5.74) is 9.18. The van der Waals surface area contributed by atoms with E-state index in [0.29, 0.717) is 11.5 Å². The van der Waals surface area contributed by atoms with Gasteiger partial charge >= 0.3 is 0 Å². The number of fused-ring (bicyclic) bond motifs is 1. The SMILES string of the molecule is CN1CCCC1C(CC(N)=O)c1cc(Oc2ccc3c(c2)nc(Nc2ccc(Br)cc2)n3C)ccn1. The first kappa shape index (κ1) is 24.3. The number of aryl methyl sites for hydroxylation is 1. The minimum Gasteiger partial charge on any atom is -0.457 e. The zero-order chi connectivity index (χ0) is 25.2. The Labute approximate surface area is 218 Å². The van der Waals surface area contributed by atoms with Gasteiger partial charge in [-0.3, -0.25) is 9.78 Å². The molecule has 4 aromatic rings. The third-order valence-electron chi connectivity index (χ3n) is 6.78. The number of pyridine rings is 1. The van der Waals surface area contributed by atoms with Crippen LogP contribution in [0.1, 0.15) is 30.9 Å². The second kappa shape index (κ2) is 10.3. The Balaban J connectivity index is 1.38. The van der Waals surface area contributed by atoms with Gasteiger partial charge in [-0.05, 0) is 68.9 Å². The molecular formula is C27H29BrN6O2. The van der Waals surface area contributed by atoms with Gasteiger partial charge in [0.25, 0.3) is 0 Å². The fourth-order valence-electron chi connectivity index (χ4n) is 4.95. The second-order valence-corrected chi connectivity index (χ2v) is 10.2. The molecule has 5 rings (SSSR count). The van der Waals surface area contributed by atoms with Gasteiger partial charge in [0.1, 0.15) is 11.5 Å². The number of hydrogen-bond donors (Lipinski definition) is 2. The molecule has 0 radical (unpaired) electrons. The van der Waals surface area contributed by atoms with Gasteiger partial charge in [0.2, 0.25) is 11.9 Å². The number of carbonyl (C=O) groups excluding carboxylic acids is 1. The van der Waals surface area contributed by atoms with Crippen LogP contribution < -0.4 is 15.8 Å². The largest absolute Gasteiger partial charge is 0.457 e. The highest BCUT2D eigenvalue weighted by atomic mass is 79.9. The number of nitrogens with one attached hydrogen (secondary N) is 1. The summed E-state index contributed by atoms with van der Waals surface area (Å²) < 4.78 is 9.24. The number of primary amides is 1. The van der Waals surface area contributed by atoms with Crippen LogP contribution in [-0.2, 0) is 11.8 Å². The minimum atomic E-state index is -0.318. The van der Waals surface area contributed by atoms with Crippen molar-refractivity contribution in [3.05, 3.63) is 71.0 Å². The lowest BCUT2D eigenvalue weighted by atomic mass is 9.90. The Morgan fingerprint density at radius 3 is 2.67 bits per heavy atom. The van der Waals surface area contributed by atoms with E-state index in [1.54, 1.807) is 6.20 Å². The maximum atomic E-state index is 11.8. The number of anilines is 2. The van der Waals surface area contributed by atoms with Crippen LogP contribution in [0.2, 0.25) is 0 Å². The summed E-state index contributed by atoms with van der Waals surface area (Å²) in [5.74, 6) is 1.70. The molecule has 0 saturated carbocycles. The highest BCUT2D eigenvalue weighted by Gasteiger charge is 2.32. The molecule has 3 heterocycles. The summed E-state index contributed by atoms with van der Waals surface area (Å²) in [6, 6.07) is 17.8. The summed E-state index contributed by atoms with van der Waals surface area (Å²) in [6.07, 6.45) is 4.12. The molecule has 1 fully saturated rings. The molecule has 9 heteroatoms. The Morgan fingerprint density at radius 1 is 1.17 bits per heavy atom. The van der Waals surface area contributed by atoms with Gasteiger partial charge in [0.15, 0.2) is 0 Å². The number of aromatic nitrogens is 3. The zero-order valence-corrected chi connectivity index (χ0v) is 21.9. The van der Waals surface area contributed by atoms with Gasteiger partial charge in [0.05, 0.1) is 11.0 Å². The molecule has 1 saturated heterocycles. The van der Waals surface area contributed by atoms with Crippen molar-refractivity contribution in [1.29, 1.82) is 0 Å². The highest BCUT2D eigenvalue weighted by Crippen LogP contribution is 2.34. The molecule has 0 spiro atoms. The number of hydrogen-bond acceptors (Lipinski definition) is 6. The molecule has 2 atom stereocenters. The average Bonchev–Trinajstić information content (AvgIpc) is 3.41. The first-order chi connectivity index (χ1) is 17.4. The first-order valence-electron chi connectivity index (χ1n) is 12.0. The Morgan fingerprint density at radius 2 is 1.94 bits per heavy atom. The van der Waals surface area contributed by atoms with Crippen LogP contribution in [0, 0.1) is 0 Å². The Bertz CT molecular complexity index is 1390. The molecule has 3 N–H and O–H groups in total. The number of carbonyl (C=O) groups is 1. The van der Waals surface area contributed by atoms with E-state index in [0.717, 1.165) is 52.2 Å². The van der Waals surface area contributed by atoms with Gasteiger partial charge in [-0.25, -0.2) is 4.98 Å². The summed E-state index contributed by atoms with van der Waals surface area (Å²) in [6.45, 7) is 1.01. The van der Waals surface area contributed by atoms with Crippen molar-refractivity contribution < 1.29 is 9.53 Å². The van der Waals surface area contributed by atoms with E-state index in [9.17, 15) is 4.79 Å². The molecule has 2 aromatic carbocycles. The number of nitrogens with two attached hydrogens (primary N) is 1. The fraction of sp³-hybridized carbons (Fsp3) is 0.296. The zero-order valence-electron chi connectivity index (χ0n) is 20.3. The molecule has 0 bridgehead atoms. The molecule has 2 aromatic heterocycles. The Hall–Kier alpha value is -3.43. The van der Waals surface area contributed by atoms with E-state index in [1.165, 1.54) is 0 Å². The van der Waals surface area contributed by atoms with E-state index in [-0.39, 0.29) is 24.3 Å². The molecule has 1 amide bonds. The summed E-state index contributed by atoms with van der Waals surface area (Å²) >= 11 is 3.46. The maximum Gasteiger partial charge on any atom is 0.218 e. The van der Waals surface area contributed by atoms with E-state index < -0.39 is 0 Å². The number of likely N-dealkylation sites (tertiary alicyclic amines) is 1. The molecule has 0 aliphatic carbocycles. The quantitative estimate of drug-likeness (QED) is 0.309. The van der Waals surface area contributed by atoms with Crippen molar-refractivity contribution in [3.8, 4) is 11.5 Å². The van der Waals surface area contributed by atoms with Crippen LogP contribution in [0.3, 0.4) is 0 Å². The number of likely N-dealkylation sites (N-methyl/N-ethyl adjacent to an activating group) is 1. The van der Waals surface area contributed by atoms with E-state index in [2.05, 4.69) is 38.2 Å². The fourth-order valence-corrected chi connectivity index (χ4v) is 5.21. The van der Waals surface area contributed by atoms with Crippen molar-refractivity contribution in [3.63, 3.8) is 0 Å². The number of ether oxygens (including phenoxy) is 1. The van der Waals surface area contributed by atoms with Crippen LogP contribution in [-0.4, -0.2) is 45.0 Å². The van der Waals surface area contributed by atoms with Gasteiger partial charge < -0.3 is 25.3 Å². The monoisotopic (exact) mass is 548 g/mol. The summed E-state index contributed by atoms with van der Waals surface area (Å²) in [7, 11) is 4.07. The smallest absolute Gasteiger partial charge is 0.218 e. The summed E-state index contributed by atoms with van der Waals surface area (Å²) in [5, 5.41) is 3.36. The number of rotatable bonds is 8. The number of amides is 1. The molecule has 36 heavy (non-hydrogen) atoms. The third-order valence-corrected chi connectivity index (χ3v) is 7.31. The predicted octanol–water partition coefficient (Wildman–Crippen LogP) is 5.32. The van der Waals surface area contributed by atoms with Crippen LogP contribution in [0.4, 0.5) is 11.6 Å². The normalized spacial score (nSPS) is 16.8. The number of imidazole rings is 1. The standard InChI is InChI=1S/C27H29BrN6O2/c1-33-13-3-4-24(33)21(16-26(29)35)22-14-20(11-12-30-22)36-19-9-10-25-23(15-19)32-27(34(25)2)31-18-7-5-17(28)6-8-18/h5-12,14-15,21,24H,3-4,13,16H2,1-2H3,(H2,29,35)(H,31,32). The number of nitrogens with zero attached hydrogens (tertiary/aromatic N) is 4. The Kier molecular flexibility index (Phi) is 6.93. The van der Waals surface area contributed by atoms with Crippen molar-refractivity contribution in [1.82, 2.24) is 19.4 Å². The third kappa shape index (κ3) is 5.22. The minimum absolute atomic E-state index is 0.0657. The van der Waals surface area contributed by atoms with Crippen LogP contribution in [0.5, 0.6) is 11.5 Å². The van der Waals surface area contributed by atoms with E-state index >= 15 is 0 Å². The van der Waals surface area contributed by atoms with Crippen molar-refractivity contribution in [2.24, 2.45) is 12.8 Å². The molecule has 1 aliphatic rings. The summed E-state index contributed by atoms with van der Waals surface area (Å²) in [4.78, 5) is 23.5. The van der Waals surface area contributed by atoms with Crippen molar-refractivity contribution >= 4 is 44.5 Å². The lowest BCUT2D eigenvalue weighted by Crippen LogP contribution is -2.34. The lowest BCUT2D eigenvalue weighted by molar-refractivity contribution is -0.118. The van der Waals surface area contributed by atoms with Gasteiger partial charge in [-0.1, -0.05) is 15.9 Å². The lowest BCUT2D eigenvalue weighted by Gasteiger charge is -2.28. The predicted molar refractivity (Wildman–Crippen MR) is 145 cm³/mol. The highest BCUT2D eigenvalue weighted by molar-refractivity contribution is 9.10. The maximum absolute atomic E-state index is 11.8. The number of benzene rings is 2. The molecular weight excluding hydrogens is 520 g/mol. The molecule has 8 nitrogen and oxygen atoms in total. The topological polar surface area (TPSA) is 98.3 Å². The van der Waals surface area contributed by atoms with Gasteiger partial charge in [-0.15, -0.1) is 0 Å². The molecule has 2 unspecified atom stereocenters.